The van der Waals surface area contributed by atoms with Crippen LogP contribution in [-0.4, -0.2) is 37.6 Å². The molecule has 4 heteroatoms. The van der Waals surface area contributed by atoms with Crippen LogP contribution in [0.2, 0.25) is 0 Å². The summed E-state index contributed by atoms with van der Waals surface area (Å²) in [6, 6.07) is 3.72. The molecule has 0 aromatic heterocycles. The highest BCUT2D eigenvalue weighted by Crippen LogP contribution is 2.22. The van der Waals surface area contributed by atoms with Gasteiger partial charge in [0.05, 0.1) is 13.2 Å². The Bertz CT molecular complexity index is 456. The van der Waals surface area contributed by atoms with Crippen LogP contribution in [0.3, 0.4) is 0 Å². The number of likely N-dealkylation sites (N-methyl/N-ethyl adjacent to an activating group) is 1. The number of amides is 1. The van der Waals surface area contributed by atoms with Gasteiger partial charge in [-0.2, -0.15) is 0 Å². The Morgan fingerprint density at radius 1 is 1.37 bits per heavy atom. The molecule has 2 N–H and O–H groups in total. The van der Waals surface area contributed by atoms with Crippen LogP contribution in [0, 0.1) is 13.8 Å². The Hall–Kier alpha value is -1.55. The van der Waals surface area contributed by atoms with Gasteiger partial charge in [-0.25, -0.2) is 0 Å². The van der Waals surface area contributed by atoms with Crippen LogP contribution in [0.4, 0.5) is 0 Å². The summed E-state index contributed by atoms with van der Waals surface area (Å²) in [6.07, 6.45) is 0.825. The van der Waals surface area contributed by atoms with Crippen LogP contribution >= 0.6 is 0 Å². The van der Waals surface area contributed by atoms with Gasteiger partial charge in [-0.15, -0.1) is 0 Å². The average molecular weight is 264 g/mol. The van der Waals surface area contributed by atoms with E-state index in [-0.39, 0.29) is 5.91 Å². The summed E-state index contributed by atoms with van der Waals surface area (Å²) in [7, 11) is 3.47. The fraction of sp³-hybridized carbons (Fsp3) is 0.533. The summed E-state index contributed by atoms with van der Waals surface area (Å²) in [5, 5.41) is 0. The van der Waals surface area contributed by atoms with Gasteiger partial charge in [0.15, 0.2) is 0 Å². The molecule has 0 aliphatic rings. The maximum atomic E-state index is 11.7. The van der Waals surface area contributed by atoms with Gasteiger partial charge in [-0.3, -0.25) is 4.79 Å². The first-order valence-corrected chi connectivity index (χ1v) is 6.51. The molecule has 1 rings (SSSR count). The maximum Gasteiger partial charge on any atom is 0.238 e. The van der Waals surface area contributed by atoms with Crippen LogP contribution in [0.15, 0.2) is 12.1 Å². The number of hydrogen-bond acceptors (Lipinski definition) is 3. The standard InChI is InChI=1S/C15H24N2O2/c1-10-9-14(19-5)11(2)8-13(10)6-7-17(4)15(18)12(3)16/h8-9,12H,6-7,16H2,1-5H3. The van der Waals surface area contributed by atoms with E-state index in [1.54, 1.807) is 26.0 Å². The largest absolute Gasteiger partial charge is 0.496 e. The van der Waals surface area contributed by atoms with Crippen LogP contribution in [0.5, 0.6) is 5.75 Å². The molecule has 4 nitrogen and oxygen atoms in total. The minimum Gasteiger partial charge on any atom is -0.496 e. The van der Waals surface area contributed by atoms with Gasteiger partial charge >= 0.3 is 0 Å². The molecule has 0 aliphatic heterocycles. The van der Waals surface area contributed by atoms with Crippen molar-refractivity contribution >= 4 is 5.91 Å². The number of nitrogens with zero attached hydrogens (tertiary/aromatic N) is 1. The smallest absolute Gasteiger partial charge is 0.238 e. The molecule has 0 radical (unpaired) electrons. The first-order valence-electron chi connectivity index (χ1n) is 6.51. The summed E-state index contributed by atoms with van der Waals surface area (Å²) in [5.41, 5.74) is 9.13. The molecule has 19 heavy (non-hydrogen) atoms. The summed E-state index contributed by atoms with van der Waals surface area (Å²) in [4.78, 5) is 13.4. The molecule has 1 aromatic rings. The number of aryl methyl sites for hydroxylation is 2. The monoisotopic (exact) mass is 264 g/mol. The molecule has 0 spiro atoms. The summed E-state index contributed by atoms with van der Waals surface area (Å²) in [6.45, 7) is 6.47. The van der Waals surface area contributed by atoms with Gasteiger partial charge in [0, 0.05) is 13.6 Å². The SMILES string of the molecule is COc1cc(C)c(CCN(C)C(=O)C(C)N)cc1C. The predicted molar refractivity (Wildman–Crippen MR) is 77.5 cm³/mol. The first-order chi connectivity index (χ1) is 8.86. The molecular weight excluding hydrogens is 240 g/mol. The zero-order valence-electron chi connectivity index (χ0n) is 12.5. The van der Waals surface area contributed by atoms with Crippen molar-refractivity contribution in [3.05, 3.63) is 28.8 Å². The van der Waals surface area contributed by atoms with Crippen LogP contribution < -0.4 is 10.5 Å². The van der Waals surface area contributed by atoms with E-state index in [2.05, 4.69) is 13.0 Å². The van der Waals surface area contributed by atoms with E-state index in [9.17, 15) is 4.79 Å². The highest BCUT2D eigenvalue weighted by Gasteiger charge is 2.13. The number of rotatable bonds is 5. The van der Waals surface area contributed by atoms with Crippen LogP contribution in [-0.2, 0) is 11.2 Å². The third-order valence-corrected chi connectivity index (χ3v) is 3.34. The first kappa shape index (κ1) is 15.5. The summed E-state index contributed by atoms with van der Waals surface area (Å²) < 4.78 is 5.30. The van der Waals surface area contributed by atoms with Crippen LogP contribution in [0.1, 0.15) is 23.6 Å². The van der Waals surface area contributed by atoms with Crippen molar-refractivity contribution in [1.82, 2.24) is 4.90 Å². The van der Waals surface area contributed by atoms with Gasteiger partial charge in [0.1, 0.15) is 5.75 Å². The van der Waals surface area contributed by atoms with Gasteiger partial charge < -0.3 is 15.4 Å². The zero-order chi connectivity index (χ0) is 14.6. The highest BCUT2D eigenvalue weighted by molar-refractivity contribution is 5.80. The quantitative estimate of drug-likeness (QED) is 0.880. The third kappa shape index (κ3) is 3.96. The van der Waals surface area contributed by atoms with Crippen molar-refractivity contribution in [3.63, 3.8) is 0 Å². The topological polar surface area (TPSA) is 55.6 Å². The number of benzene rings is 1. The molecule has 1 unspecified atom stereocenters. The lowest BCUT2D eigenvalue weighted by atomic mass is 10.0. The number of methoxy groups -OCH3 is 1. The molecule has 0 fully saturated rings. The second-order valence-electron chi connectivity index (χ2n) is 5.05. The lowest BCUT2D eigenvalue weighted by molar-refractivity contribution is -0.130. The Balaban J connectivity index is 2.73. The molecule has 106 valence electrons. The lowest BCUT2D eigenvalue weighted by Crippen LogP contribution is -2.40. The predicted octanol–water partition coefficient (Wildman–Crippen LogP) is 1.66. The number of carbonyl (C=O) groups excluding carboxylic acids is 1. The molecule has 1 amide bonds. The van der Waals surface area contributed by atoms with E-state index in [0.29, 0.717) is 6.54 Å². The van der Waals surface area contributed by atoms with Crippen molar-refractivity contribution in [1.29, 1.82) is 0 Å². The molecule has 0 saturated heterocycles. The van der Waals surface area contributed by atoms with E-state index >= 15 is 0 Å². The number of ether oxygens (including phenoxy) is 1. The molecule has 0 bridgehead atoms. The molecule has 1 aromatic carbocycles. The van der Waals surface area contributed by atoms with E-state index in [4.69, 9.17) is 10.5 Å². The Labute approximate surface area is 115 Å². The molecular formula is C15H24N2O2. The molecule has 1 atom stereocenters. The van der Waals surface area contributed by atoms with E-state index < -0.39 is 6.04 Å². The van der Waals surface area contributed by atoms with Gasteiger partial charge in [0.25, 0.3) is 0 Å². The van der Waals surface area contributed by atoms with Crippen molar-refractivity contribution in [2.45, 2.75) is 33.2 Å². The van der Waals surface area contributed by atoms with Gasteiger partial charge in [-0.05, 0) is 49.9 Å². The number of carbonyl (C=O) groups is 1. The van der Waals surface area contributed by atoms with E-state index in [0.717, 1.165) is 17.7 Å². The molecule has 0 heterocycles. The fourth-order valence-corrected chi connectivity index (χ4v) is 2.08. The third-order valence-electron chi connectivity index (χ3n) is 3.34. The van der Waals surface area contributed by atoms with Crippen molar-refractivity contribution in [3.8, 4) is 5.75 Å². The second-order valence-corrected chi connectivity index (χ2v) is 5.05. The summed E-state index contributed by atoms with van der Waals surface area (Å²) in [5.74, 6) is 0.879. The lowest BCUT2D eigenvalue weighted by Gasteiger charge is -2.20. The van der Waals surface area contributed by atoms with Gasteiger partial charge in [-0.1, -0.05) is 6.07 Å². The van der Waals surface area contributed by atoms with Crippen molar-refractivity contribution in [2.75, 3.05) is 20.7 Å². The van der Waals surface area contributed by atoms with E-state index in [1.807, 2.05) is 13.0 Å². The van der Waals surface area contributed by atoms with Crippen LogP contribution in [0.25, 0.3) is 0 Å². The van der Waals surface area contributed by atoms with Crippen molar-refractivity contribution < 1.29 is 9.53 Å². The summed E-state index contributed by atoms with van der Waals surface area (Å²) >= 11 is 0. The van der Waals surface area contributed by atoms with Gasteiger partial charge in [0.2, 0.25) is 5.91 Å². The van der Waals surface area contributed by atoms with Crippen molar-refractivity contribution in [2.24, 2.45) is 5.73 Å². The molecule has 0 saturated carbocycles. The minimum atomic E-state index is -0.441. The fourth-order valence-electron chi connectivity index (χ4n) is 2.08. The Morgan fingerprint density at radius 2 is 2.00 bits per heavy atom. The minimum absolute atomic E-state index is 0.0251. The average Bonchev–Trinajstić information content (AvgIpc) is 2.37. The number of nitrogens with two attached hydrogens (primary N) is 1. The number of hydrogen-bond donors (Lipinski definition) is 1. The second kappa shape index (κ2) is 6.57. The Morgan fingerprint density at radius 3 is 2.53 bits per heavy atom. The highest BCUT2D eigenvalue weighted by atomic mass is 16.5. The van der Waals surface area contributed by atoms with E-state index in [1.165, 1.54) is 11.1 Å². The maximum absolute atomic E-state index is 11.7. The molecule has 0 aliphatic carbocycles. The zero-order valence-corrected chi connectivity index (χ0v) is 12.5. The normalized spacial score (nSPS) is 12.1. The Kier molecular flexibility index (Phi) is 5.36.